The second kappa shape index (κ2) is 11.2. The maximum absolute atomic E-state index is 14.0. The van der Waals surface area contributed by atoms with Crippen molar-refractivity contribution in [2.45, 2.75) is 101 Å². The molecule has 0 bridgehead atoms. The summed E-state index contributed by atoms with van der Waals surface area (Å²) < 4.78 is 13.9. The van der Waals surface area contributed by atoms with E-state index >= 15 is 0 Å². The Morgan fingerprint density at radius 3 is 2.46 bits per heavy atom. The lowest BCUT2D eigenvalue weighted by Crippen LogP contribution is -2.59. The minimum atomic E-state index is -0.902. The Labute approximate surface area is 232 Å². The zero-order chi connectivity index (χ0) is 27.1. The molecule has 0 radical (unpaired) electrons. The predicted octanol–water partition coefficient (Wildman–Crippen LogP) is 4.82. The molecule has 7 unspecified atom stereocenters. The van der Waals surface area contributed by atoms with E-state index in [-0.39, 0.29) is 35.7 Å². The van der Waals surface area contributed by atoms with Crippen LogP contribution in [0, 0.1) is 11.8 Å². The number of piperidine rings is 2. The highest BCUT2D eigenvalue weighted by Crippen LogP contribution is 2.44. The van der Waals surface area contributed by atoms with E-state index < -0.39 is 6.17 Å². The van der Waals surface area contributed by atoms with E-state index in [1.807, 2.05) is 0 Å². The summed E-state index contributed by atoms with van der Waals surface area (Å²) in [6, 6.07) is 9.62. The van der Waals surface area contributed by atoms with Gasteiger partial charge in [0.15, 0.2) is 5.78 Å². The first-order valence-corrected chi connectivity index (χ1v) is 15.1. The Morgan fingerprint density at radius 1 is 1.03 bits per heavy atom. The van der Waals surface area contributed by atoms with Gasteiger partial charge in [0.1, 0.15) is 6.17 Å². The molecule has 210 valence electrons. The van der Waals surface area contributed by atoms with Crippen molar-refractivity contribution in [3.8, 4) is 0 Å². The Morgan fingerprint density at radius 2 is 1.79 bits per heavy atom. The highest BCUT2D eigenvalue weighted by molar-refractivity contribution is 5.99. The van der Waals surface area contributed by atoms with Crippen molar-refractivity contribution in [3.63, 3.8) is 0 Å². The van der Waals surface area contributed by atoms with Gasteiger partial charge in [-0.2, -0.15) is 0 Å². The van der Waals surface area contributed by atoms with Gasteiger partial charge in [0.25, 0.3) is 0 Å². The quantitative estimate of drug-likeness (QED) is 0.512. The van der Waals surface area contributed by atoms with Crippen LogP contribution in [0.3, 0.4) is 0 Å². The van der Waals surface area contributed by atoms with Gasteiger partial charge in [0.05, 0.1) is 17.6 Å². The van der Waals surface area contributed by atoms with Crippen molar-refractivity contribution in [1.29, 1.82) is 0 Å². The first-order chi connectivity index (χ1) is 18.9. The number of alkyl halides is 1. The third-order valence-electron chi connectivity index (χ3n) is 10.0. The van der Waals surface area contributed by atoms with Crippen LogP contribution >= 0.6 is 0 Å². The lowest BCUT2D eigenvalue weighted by atomic mass is 9.74. The van der Waals surface area contributed by atoms with Gasteiger partial charge < -0.3 is 15.2 Å². The minimum absolute atomic E-state index is 0.0433. The summed E-state index contributed by atoms with van der Waals surface area (Å²) >= 11 is 0. The average molecular weight is 535 g/mol. The second-order valence-electron chi connectivity index (χ2n) is 12.5. The van der Waals surface area contributed by atoms with E-state index in [1.165, 1.54) is 30.2 Å². The highest BCUT2D eigenvalue weighted by atomic mass is 19.1. The number of ketones is 1. The Hall–Kier alpha value is -2.51. The molecule has 6 rings (SSSR count). The summed E-state index contributed by atoms with van der Waals surface area (Å²) in [6.45, 7) is 6.53. The van der Waals surface area contributed by atoms with Crippen LogP contribution in [-0.2, 0) is 9.59 Å². The first-order valence-electron chi connectivity index (χ1n) is 15.1. The number of halogens is 1. The summed E-state index contributed by atoms with van der Waals surface area (Å²) in [4.78, 5) is 28.3. The number of carbonyl (C=O) groups is 2. The molecular formula is C32H43FN4O2. The minimum Gasteiger partial charge on any atom is -0.339 e. The van der Waals surface area contributed by atoms with E-state index in [2.05, 4.69) is 51.5 Å². The van der Waals surface area contributed by atoms with Gasteiger partial charge in [0.2, 0.25) is 5.91 Å². The molecule has 2 aliphatic carbocycles. The van der Waals surface area contributed by atoms with Crippen molar-refractivity contribution >= 4 is 17.4 Å². The molecule has 7 atom stereocenters. The molecule has 6 nitrogen and oxygen atoms in total. The SMILES string of the molecule is C=CC(=O)/C=C1\CCC2NN(c3ccc(C4CC4)cc3)C3CCN(C(=O)C4CCC(C(C)F)NC4)C(CC1)C23. The fourth-order valence-corrected chi connectivity index (χ4v) is 7.68. The van der Waals surface area contributed by atoms with Crippen LogP contribution in [0.1, 0.15) is 76.2 Å². The third-order valence-corrected chi connectivity index (χ3v) is 10.0. The number of hydrogen-bond donors (Lipinski definition) is 2. The third kappa shape index (κ3) is 5.45. The smallest absolute Gasteiger partial charge is 0.227 e. The fraction of sp³-hybridized carbons (Fsp3) is 0.625. The lowest BCUT2D eigenvalue weighted by molar-refractivity contribution is -0.142. The van der Waals surface area contributed by atoms with E-state index in [1.54, 1.807) is 13.0 Å². The number of allylic oxidation sites excluding steroid dienone is 3. The number of likely N-dealkylation sites (tertiary alicyclic amines) is 1. The molecule has 0 aromatic heterocycles. The van der Waals surface area contributed by atoms with Crippen LogP contribution in [0.15, 0.2) is 48.6 Å². The van der Waals surface area contributed by atoms with Crippen molar-refractivity contribution in [2.75, 3.05) is 18.1 Å². The number of carbonyl (C=O) groups excluding carboxylic acids is 2. The van der Waals surface area contributed by atoms with Crippen LogP contribution < -0.4 is 15.8 Å². The second-order valence-corrected chi connectivity index (χ2v) is 12.5. The highest BCUT2D eigenvalue weighted by Gasteiger charge is 2.52. The van der Waals surface area contributed by atoms with E-state index in [0.29, 0.717) is 24.9 Å². The van der Waals surface area contributed by atoms with Gasteiger partial charge in [-0.15, -0.1) is 0 Å². The average Bonchev–Trinajstić information content (AvgIpc) is 3.74. The van der Waals surface area contributed by atoms with E-state index in [9.17, 15) is 14.0 Å². The summed E-state index contributed by atoms with van der Waals surface area (Å²) in [6.07, 6.45) is 10.7. The number of hydrogen-bond acceptors (Lipinski definition) is 5. The van der Waals surface area contributed by atoms with E-state index in [0.717, 1.165) is 56.6 Å². The molecule has 5 aliphatic rings. The van der Waals surface area contributed by atoms with Crippen LogP contribution in [0.25, 0.3) is 0 Å². The summed E-state index contributed by atoms with van der Waals surface area (Å²) in [7, 11) is 0. The normalized spacial score (nSPS) is 34.7. The number of benzene rings is 1. The molecule has 39 heavy (non-hydrogen) atoms. The number of nitrogens with one attached hydrogen (secondary N) is 2. The number of rotatable bonds is 6. The molecule has 0 spiro atoms. The van der Waals surface area contributed by atoms with Gasteiger partial charge in [-0.1, -0.05) is 24.3 Å². The Kier molecular flexibility index (Phi) is 7.64. The van der Waals surface area contributed by atoms with Gasteiger partial charge in [-0.3, -0.25) is 9.59 Å². The van der Waals surface area contributed by atoms with Gasteiger partial charge in [0, 0.05) is 37.1 Å². The van der Waals surface area contributed by atoms with Crippen molar-refractivity contribution in [3.05, 3.63) is 54.1 Å². The number of amides is 1. The Balaban J connectivity index is 1.25. The van der Waals surface area contributed by atoms with Crippen LogP contribution in [-0.4, -0.2) is 60.0 Å². The molecule has 2 saturated carbocycles. The topological polar surface area (TPSA) is 64.7 Å². The number of anilines is 1. The maximum Gasteiger partial charge on any atom is 0.227 e. The van der Waals surface area contributed by atoms with Crippen molar-refractivity contribution < 1.29 is 14.0 Å². The summed E-state index contributed by atoms with van der Waals surface area (Å²) in [5, 5.41) is 5.68. The molecule has 1 aromatic rings. The predicted molar refractivity (Wildman–Crippen MR) is 152 cm³/mol. The Bertz CT molecular complexity index is 1110. The molecule has 5 fully saturated rings. The van der Waals surface area contributed by atoms with Gasteiger partial charge in [-0.05, 0) is 100 Å². The van der Waals surface area contributed by atoms with E-state index in [4.69, 9.17) is 0 Å². The van der Waals surface area contributed by atoms with Gasteiger partial charge >= 0.3 is 0 Å². The molecule has 3 saturated heterocycles. The first kappa shape index (κ1) is 26.7. The lowest BCUT2D eigenvalue weighted by Gasteiger charge is -2.47. The van der Waals surface area contributed by atoms with Crippen LogP contribution in [0.5, 0.6) is 0 Å². The number of hydrazine groups is 1. The summed E-state index contributed by atoms with van der Waals surface area (Å²) in [5.74, 6) is 1.14. The molecule has 3 aliphatic heterocycles. The molecular weight excluding hydrogens is 491 g/mol. The van der Waals surface area contributed by atoms with Crippen LogP contribution in [0.4, 0.5) is 10.1 Å². The van der Waals surface area contributed by atoms with Crippen molar-refractivity contribution in [1.82, 2.24) is 15.6 Å². The standard InChI is InChI=1S/C32H43FN4O2/c1-3-26(38)18-21-4-13-28-31-29(15-5-21)36(32(39)24-10-14-27(20(2)33)34-19-24)17-16-30(31)37(35-28)25-11-8-23(9-12-25)22-6-7-22/h3,8-9,11-12,18,20,22,24,27-31,34-35H,1,4-7,10,13-17,19H2,2H3/b21-18+. The molecule has 7 heteroatoms. The monoisotopic (exact) mass is 534 g/mol. The van der Waals surface area contributed by atoms with Crippen LogP contribution in [0.2, 0.25) is 0 Å². The van der Waals surface area contributed by atoms with Gasteiger partial charge in [-0.25, -0.2) is 9.82 Å². The molecule has 3 heterocycles. The molecule has 2 N–H and O–H groups in total. The molecule has 1 amide bonds. The zero-order valence-electron chi connectivity index (χ0n) is 23.2. The van der Waals surface area contributed by atoms with Crippen molar-refractivity contribution in [2.24, 2.45) is 11.8 Å². The fourth-order valence-electron chi connectivity index (χ4n) is 7.68. The maximum atomic E-state index is 14.0. The zero-order valence-corrected chi connectivity index (χ0v) is 23.2. The molecule has 1 aromatic carbocycles. The largest absolute Gasteiger partial charge is 0.339 e. The number of nitrogens with zero attached hydrogens (tertiary/aromatic N) is 2. The summed E-state index contributed by atoms with van der Waals surface area (Å²) in [5.41, 5.74) is 7.66.